The second-order valence-electron chi connectivity index (χ2n) is 5.22. The molecule has 2 aromatic heterocycles. The lowest BCUT2D eigenvalue weighted by Gasteiger charge is -2.13. The van der Waals surface area contributed by atoms with E-state index in [1.807, 2.05) is 30.3 Å². The molecule has 1 aromatic carbocycles. The van der Waals surface area contributed by atoms with Crippen molar-refractivity contribution in [2.75, 3.05) is 12.3 Å². The predicted octanol–water partition coefficient (Wildman–Crippen LogP) is 0.718. The quantitative estimate of drug-likeness (QED) is 0.614. The number of hydrogen-bond acceptors (Lipinski definition) is 8. The number of carbonyl (C=O) groups excluding carboxylic acids is 1. The van der Waals surface area contributed by atoms with E-state index in [1.165, 1.54) is 6.33 Å². The summed E-state index contributed by atoms with van der Waals surface area (Å²) in [5.74, 6) is -0.169. The molecule has 0 spiro atoms. The number of imidazole rings is 1. The maximum atomic E-state index is 11.0. The van der Waals surface area contributed by atoms with Crippen molar-refractivity contribution in [1.29, 1.82) is 0 Å². The zero-order valence-corrected chi connectivity index (χ0v) is 14.3. The summed E-state index contributed by atoms with van der Waals surface area (Å²) in [6.07, 6.45) is 1.35. The third-order valence-electron chi connectivity index (χ3n) is 3.47. The van der Waals surface area contributed by atoms with Gasteiger partial charge >= 0.3 is 0 Å². The standard InChI is InChI=1S/C16H17N5O3S/c1-10(15(22)23)25-16-20-12-13(17)18-9-19-14(12)21(16)7-8-24-11-5-3-2-4-6-11/h2-6,9-10H,7-8H2,1H3,(H,22,23)(H2,17,18,19)/p-1. The van der Waals surface area contributed by atoms with E-state index < -0.39 is 11.2 Å². The Labute approximate surface area is 148 Å². The van der Waals surface area contributed by atoms with Crippen LogP contribution in [0, 0.1) is 0 Å². The Morgan fingerprint density at radius 3 is 2.84 bits per heavy atom. The minimum Gasteiger partial charge on any atom is -0.549 e. The number of para-hydroxylation sites is 1. The average Bonchev–Trinajstić information content (AvgIpc) is 2.95. The molecule has 8 nitrogen and oxygen atoms in total. The first kappa shape index (κ1) is 17.0. The van der Waals surface area contributed by atoms with Crippen molar-refractivity contribution in [2.45, 2.75) is 23.9 Å². The first-order valence-corrected chi connectivity index (χ1v) is 8.46. The average molecular weight is 358 g/mol. The molecule has 1 unspecified atom stereocenters. The summed E-state index contributed by atoms with van der Waals surface area (Å²) in [4.78, 5) is 23.6. The van der Waals surface area contributed by atoms with Crippen molar-refractivity contribution in [2.24, 2.45) is 0 Å². The summed E-state index contributed by atoms with van der Waals surface area (Å²) in [6, 6.07) is 9.41. The van der Waals surface area contributed by atoms with E-state index in [9.17, 15) is 9.90 Å². The van der Waals surface area contributed by atoms with E-state index in [0.29, 0.717) is 29.5 Å². The Kier molecular flexibility index (Phi) is 5.03. The normalized spacial score (nSPS) is 12.2. The fraction of sp³-hybridized carbons (Fsp3) is 0.250. The number of nitrogens with zero attached hydrogens (tertiary/aromatic N) is 4. The molecule has 0 aliphatic carbocycles. The number of rotatable bonds is 7. The van der Waals surface area contributed by atoms with Crippen LogP contribution in [0.5, 0.6) is 5.75 Å². The van der Waals surface area contributed by atoms with Gasteiger partial charge < -0.3 is 24.9 Å². The molecule has 2 N–H and O–H groups in total. The largest absolute Gasteiger partial charge is 0.549 e. The third kappa shape index (κ3) is 3.82. The SMILES string of the molecule is CC(Sc1nc2c(N)ncnc2n1CCOc1ccccc1)C(=O)[O-]. The summed E-state index contributed by atoms with van der Waals surface area (Å²) in [5.41, 5.74) is 6.83. The zero-order valence-electron chi connectivity index (χ0n) is 13.5. The number of aromatic nitrogens is 4. The lowest BCUT2D eigenvalue weighted by Crippen LogP contribution is -2.31. The fourth-order valence-electron chi connectivity index (χ4n) is 2.20. The zero-order chi connectivity index (χ0) is 17.8. The second kappa shape index (κ2) is 7.39. The second-order valence-corrected chi connectivity index (χ2v) is 6.53. The van der Waals surface area contributed by atoms with E-state index in [-0.39, 0.29) is 5.82 Å². The molecule has 0 aliphatic rings. The van der Waals surface area contributed by atoms with Gasteiger partial charge in [-0.3, -0.25) is 0 Å². The molecule has 0 amide bonds. The number of aliphatic carboxylic acids is 1. The van der Waals surface area contributed by atoms with Gasteiger partial charge in [0.1, 0.15) is 18.7 Å². The molecule has 130 valence electrons. The molecule has 0 bridgehead atoms. The number of fused-ring (bicyclic) bond motifs is 1. The Balaban J connectivity index is 1.85. The molecule has 0 saturated carbocycles. The maximum absolute atomic E-state index is 11.0. The molecular weight excluding hydrogens is 342 g/mol. The van der Waals surface area contributed by atoms with E-state index in [0.717, 1.165) is 17.5 Å². The Hall–Kier alpha value is -2.81. The smallest absolute Gasteiger partial charge is 0.171 e. The minimum atomic E-state index is -1.16. The topological polar surface area (TPSA) is 119 Å². The van der Waals surface area contributed by atoms with Crippen LogP contribution in [0.25, 0.3) is 11.2 Å². The van der Waals surface area contributed by atoms with Crippen LogP contribution in [-0.4, -0.2) is 37.3 Å². The van der Waals surface area contributed by atoms with Crippen molar-refractivity contribution >= 4 is 34.7 Å². The summed E-state index contributed by atoms with van der Waals surface area (Å²) in [5, 5.41) is 10.8. The van der Waals surface area contributed by atoms with Crippen molar-refractivity contribution in [3.05, 3.63) is 36.7 Å². The van der Waals surface area contributed by atoms with E-state index in [4.69, 9.17) is 10.5 Å². The molecular formula is C16H16N5O3S-. The van der Waals surface area contributed by atoms with Crippen LogP contribution >= 0.6 is 11.8 Å². The lowest BCUT2D eigenvalue weighted by molar-refractivity contribution is -0.304. The molecule has 0 fully saturated rings. The van der Waals surface area contributed by atoms with Gasteiger partial charge in [-0.2, -0.15) is 0 Å². The Morgan fingerprint density at radius 1 is 1.36 bits per heavy atom. The highest BCUT2D eigenvalue weighted by Gasteiger charge is 2.18. The first-order valence-electron chi connectivity index (χ1n) is 7.58. The number of anilines is 1. The summed E-state index contributed by atoms with van der Waals surface area (Å²) in [6.45, 7) is 2.34. The van der Waals surface area contributed by atoms with Gasteiger partial charge in [-0.1, -0.05) is 30.0 Å². The first-order chi connectivity index (χ1) is 12.1. The molecule has 1 atom stereocenters. The molecule has 0 saturated heterocycles. The Morgan fingerprint density at radius 2 is 2.12 bits per heavy atom. The van der Waals surface area contributed by atoms with Gasteiger partial charge in [0.15, 0.2) is 22.1 Å². The van der Waals surface area contributed by atoms with Crippen LogP contribution < -0.4 is 15.6 Å². The molecule has 3 aromatic rings. The number of thioether (sulfide) groups is 1. The third-order valence-corrected chi connectivity index (χ3v) is 4.53. The Bertz CT molecular complexity index is 884. The van der Waals surface area contributed by atoms with Gasteiger partial charge in [0.2, 0.25) is 0 Å². The number of carboxylic acid groups (broad SMARTS) is 1. The van der Waals surface area contributed by atoms with Crippen LogP contribution in [0.4, 0.5) is 5.82 Å². The van der Waals surface area contributed by atoms with Gasteiger partial charge in [-0.25, -0.2) is 15.0 Å². The highest BCUT2D eigenvalue weighted by atomic mass is 32.2. The highest BCUT2D eigenvalue weighted by Crippen LogP contribution is 2.27. The summed E-state index contributed by atoms with van der Waals surface area (Å²) < 4.78 is 7.48. The van der Waals surface area contributed by atoms with Crippen LogP contribution in [0.3, 0.4) is 0 Å². The van der Waals surface area contributed by atoms with Gasteiger partial charge in [0.05, 0.1) is 12.5 Å². The summed E-state index contributed by atoms with van der Waals surface area (Å²) in [7, 11) is 0. The highest BCUT2D eigenvalue weighted by molar-refractivity contribution is 8.00. The molecule has 0 radical (unpaired) electrons. The van der Waals surface area contributed by atoms with Crippen molar-refractivity contribution in [1.82, 2.24) is 19.5 Å². The minimum absolute atomic E-state index is 0.246. The van der Waals surface area contributed by atoms with Crippen molar-refractivity contribution in [3.63, 3.8) is 0 Å². The maximum Gasteiger partial charge on any atom is 0.171 e. The van der Waals surface area contributed by atoms with Gasteiger partial charge in [0, 0.05) is 5.25 Å². The molecule has 9 heteroatoms. The van der Waals surface area contributed by atoms with E-state index in [1.54, 1.807) is 11.5 Å². The monoisotopic (exact) mass is 358 g/mol. The molecule has 25 heavy (non-hydrogen) atoms. The van der Waals surface area contributed by atoms with Crippen LogP contribution in [0.1, 0.15) is 6.92 Å². The molecule has 3 rings (SSSR count). The number of ether oxygens (including phenoxy) is 1. The van der Waals surface area contributed by atoms with E-state index >= 15 is 0 Å². The van der Waals surface area contributed by atoms with Gasteiger partial charge in [0.25, 0.3) is 0 Å². The van der Waals surface area contributed by atoms with Crippen molar-refractivity contribution in [3.8, 4) is 5.75 Å². The number of nitrogens with two attached hydrogens (primary N) is 1. The van der Waals surface area contributed by atoms with Gasteiger partial charge in [-0.05, 0) is 19.1 Å². The summed E-state index contributed by atoms with van der Waals surface area (Å²) >= 11 is 1.07. The number of nitrogen functional groups attached to an aromatic ring is 1. The number of carbonyl (C=O) groups is 1. The number of benzene rings is 1. The fourth-order valence-corrected chi connectivity index (χ4v) is 3.06. The van der Waals surface area contributed by atoms with Gasteiger partial charge in [-0.15, -0.1) is 0 Å². The van der Waals surface area contributed by atoms with Crippen LogP contribution in [-0.2, 0) is 11.3 Å². The van der Waals surface area contributed by atoms with Crippen LogP contribution in [0.15, 0.2) is 41.8 Å². The molecule has 2 heterocycles. The van der Waals surface area contributed by atoms with Crippen LogP contribution in [0.2, 0.25) is 0 Å². The predicted molar refractivity (Wildman–Crippen MR) is 92.0 cm³/mol. The number of hydrogen-bond donors (Lipinski definition) is 1. The molecule has 0 aliphatic heterocycles. The van der Waals surface area contributed by atoms with E-state index in [2.05, 4.69) is 15.0 Å². The number of carboxylic acids is 1. The lowest BCUT2D eigenvalue weighted by atomic mass is 10.3. The van der Waals surface area contributed by atoms with Crippen molar-refractivity contribution < 1.29 is 14.6 Å².